The number of hydrogen-bond donors (Lipinski definition) is 2. The van der Waals surface area contributed by atoms with Crippen molar-refractivity contribution in [2.24, 2.45) is 5.92 Å². The van der Waals surface area contributed by atoms with Gasteiger partial charge in [-0.05, 0) is 94.1 Å². The van der Waals surface area contributed by atoms with Crippen molar-refractivity contribution in [3.8, 4) is 0 Å². The Bertz CT molecular complexity index is 1360. The molecular weight excluding hydrogens is 584 g/mol. The summed E-state index contributed by atoms with van der Waals surface area (Å²) in [5.41, 5.74) is 3.37. The summed E-state index contributed by atoms with van der Waals surface area (Å²) in [7, 11) is 3.60. The zero-order chi connectivity index (χ0) is 33.3. The van der Waals surface area contributed by atoms with Crippen molar-refractivity contribution in [3.63, 3.8) is 0 Å². The first-order valence-electron chi connectivity index (χ1n) is 18.3. The van der Waals surface area contributed by atoms with E-state index < -0.39 is 0 Å². The quantitative estimate of drug-likeness (QED) is 0.266. The standard InChI is InChI=1S/C31H42N8O.3C2H6.CH4/c1-37(2)29(40)26-15-24-19-33-30(36-28(24)39(26)25-5-3-4-6-25)35-27-8-7-23(18-32-27)22-9-13-38(14-10-22)20-21-16-31(17-21)11-12-34-31;3*1-2;/h7-8,15,18-19,21-22,25,34H,3-6,9-14,16-17,20H2,1-2H3,(H,32,33,35,36);3*1-2H3;1H4. The minimum atomic E-state index is 0. The number of carbonyl (C=O) groups excluding carboxylic acids is 1. The predicted octanol–water partition coefficient (Wildman–Crippen LogP) is 8.42. The van der Waals surface area contributed by atoms with E-state index in [1.165, 1.54) is 76.7 Å². The number of likely N-dealkylation sites (tertiary alicyclic amines) is 1. The van der Waals surface area contributed by atoms with Gasteiger partial charge in [0, 0.05) is 50.0 Å². The fourth-order valence-corrected chi connectivity index (χ4v) is 7.64. The Hall–Kier alpha value is -3.04. The van der Waals surface area contributed by atoms with Crippen molar-refractivity contribution in [3.05, 3.63) is 41.9 Å². The SMILES string of the molecule is C.CC.CC.CC.CN(C)C(=O)c1cc2cnc(Nc3ccc(C4CCN(CC5CC6(CCN6)C5)CC4)cn3)nc2n1C1CCCC1. The highest BCUT2D eigenvalue weighted by Gasteiger charge is 2.48. The molecule has 5 heterocycles. The lowest BCUT2D eigenvalue weighted by Crippen LogP contribution is -2.65. The first-order valence-corrected chi connectivity index (χ1v) is 18.3. The molecule has 0 unspecified atom stereocenters. The molecule has 4 aliphatic rings. The largest absolute Gasteiger partial charge is 0.343 e. The molecule has 1 amide bonds. The lowest BCUT2D eigenvalue weighted by Gasteiger charge is -2.56. The fraction of sp³-hybridized carbons (Fsp3) is 0.684. The highest BCUT2D eigenvalue weighted by Crippen LogP contribution is 2.45. The van der Waals surface area contributed by atoms with Crippen LogP contribution in [0.2, 0.25) is 0 Å². The fourth-order valence-electron chi connectivity index (χ4n) is 7.64. The molecule has 9 heteroatoms. The summed E-state index contributed by atoms with van der Waals surface area (Å²) in [4.78, 5) is 31.4. The maximum Gasteiger partial charge on any atom is 0.270 e. The molecule has 0 atom stereocenters. The maximum absolute atomic E-state index is 13.0. The van der Waals surface area contributed by atoms with Crippen LogP contribution in [0.4, 0.5) is 11.8 Å². The van der Waals surface area contributed by atoms with Gasteiger partial charge < -0.3 is 25.0 Å². The van der Waals surface area contributed by atoms with Gasteiger partial charge in [0.1, 0.15) is 17.2 Å². The molecule has 0 bridgehead atoms. The summed E-state index contributed by atoms with van der Waals surface area (Å²) in [5.74, 6) is 2.72. The molecule has 3 aromatic rings. The van der Waals surface area contributed by atoms with Gasteiger partial charge in [-0.3, -0.25) is 4.79 Å². The molecule has 2 aliphatic heterocycles. The maximum atomic E-state index is 13.0. The van der Waals surface area contributed by atoms with Gasteiger partial charge in [0.25, 0.3) is 5.91 Å². The molecule has 2 aliphatic carbocycles. The van der Waals surface area contributed by atoms with Gasteiger partial charge in [-0.25, -0.2) is 9.97 Å². The second-order valence-corrected chi connectivity index (χ2v) is 12.9. The summed E-state index contributed by atoms with van der Waals surface area (Å²) in [5, 5.41) is 7.86. The van der Waals surface area contributed by atoms with Crippen LogP contribution >= 0.6 is 0 Å². The summed E-state index contributed by atoms with van der Waals surface area (Å²) in [6.45, 7) is 16.9. The van der Waals surface area contributed by atoms with Crippen LogP contribution in [0, 0.1) is 5.92 Å². The van der Waals surface area contributed by atoms with E-state index in [0.29, 0.717) is 29.1 Å². The van der Waals surface area contributed by atoms with E-state index in [4.69, 9.17) is 9.97 Å². The zero-order valence-electron chi connectivity index (χ0n) is 29.9. The van der Waals surface area contributed by atoms with Crippen LogP contribution in [0.1, 0.15) is 135 Å². The van der Waals surface area contributed by atoms with Crippen molar-refractivity contribution in [2.75, 3.05) is 45.6 Å². The van der Waals surface area contributed by atoms with E-state index in [1.807, 2.05) is 66.1 Å². The number of hydrogen-bond acceptors (Lipinski definition) is 7. The number of nitrogens with one attached hydrogen (secondary N) is 2. The Kier molecular flexibility index (Phi) is 14.6. The molecule has 9 nitrogen and oxygen atoms in total. The number of pyridine rings is 1. The molecule has 2 saturated heterocycles. The van der Waals surface area contributed by atoms with Crippen LogP contribution in [-0.4, -0.2) is 81.0 Å². The minimum absolute atomic E-state index is 0. The van der Waals surface area contributed by atoms with Crippen LogP contribution < -0.4 is 10.6 Å². The second kappa shape index (κ2) is 17.9. The molecule has 0 radical (unpaired) electrons. The third-order valence-electron chi connectivity index (χ3n) is 9.96. The van der Waals surface area contributed by atoms with Crippen LogP contribution in [0.15, 0.2) is 30.6 Å². The molecule has 1 spiro atoms. The van der Waals surface area contributed by atoms with Crippen LogP contribution in [0.25, 0.3) is 11.0 Å². The van der Waals surface area contributed by atoms with Gasteiger partial charge in [0.15, 0.2) is 0 Å². The van der Waals surface area contributed by atoms with Crippen LogP contribution in [-0.2, 0) is 0 Å². The number of anilines is 2. The molecule has 0 aromatic carbocycles. The van der Waals surface area contributed by atoms with Crippen LogP contribution in [0.3, 0.4) is 0 Å². The van der Waals surface area contributed by atoms with Gasteiger partial charge in [-0.2, -0.15) is 4.98 Å². The zero-order valence-corrected chi connectivity index (χ0v) is 29.9. The van der Waals surface area contributed by atoms with E-state index in [1.54, 1.807) is 19.0 Å². The Labute approximate surface area is 285 Å². The lowest BCUT2D eigenvalue weighted by atomic mass is 9.63. The van der Waals surface area contributed by atoms with Gasteiger partial charge in [0.05, 0.1) is 0 Å². The van der Waals surface area contributed by atoms with Crippen LogP contribution in [0.5, 0.6) is 0 Å². The number of aromatic nitrogens is 4. The molecule has 7 rings (SSSR count). The van der Waals surface area contributed by atoms with Gasteiger partial charge in [-0.1, -0.05) is 67.9 Å². The molecule has 4 fully saturated rings. The molecular formula is C38H64N8O. The Balaban J connectivity index is 0.000000813. The van der Waals surface area contributed by atoms with Crippen molar-refractivity contribution >= 4 is 28.7 Å². The molecule has 2 N–H and O–H groups in total. The minimum Gasteiger partial charge on any atom is -0.343 e. The second-order valence-electron chi connectivity index (χ2n) is 12.9. The number of carbonyl (C=O) groups is 1. The Morgan fingerprint density at radius 3 is 2.19 bits per heavy atom. The number of rotatable bonds is 7. The van der Waals surface area contributed by atoms with Crippen molar-refractivity contribution in [1.29, 1.82) is 0 Å². The summed E-state index contributed by atoms with van der Waals surface area (Å²) in [6, 6.07) is 6.49. The van der Waals surface area contributed by atoms with E-state index in [9.17, 15) is 4.79 Å². The normalized spacial score (nSPS) is 22.3. The van der Waals surface area contributed by atoms with Gasteiger partial charge in [0.2, 0.25) is 5.95 Å². The lowest BCUT2D eigenvalue weighted by molar-refractivity contribution is 0.0150. The predicted molar refractivity (Wildman–Crippen MR) is 198 cm³/mol. The highest BCUT2D eigenvalue weighted by atomic mass is 16.2. The van der Waals surface area contributed by atoms with Crippen molar-refractivity contribution in [2.45, 2.75) is 124 Å². The smallest absolute Gasteiger partial charge is 0.270 e. The van der Waals surface area contributed by atoms with Crippen molar-refractivity contribution in [1.82, 2.24) is 34.6 Å². The Morgan fingerprint density at radius 1 is 0.979 bits per heavy atom. The Morgan fingerprint density at radius 2 is 1.64 bits per heavy atom. The average Bonchev–Trinajstić information content (AvgIpc) is 3.73. The molecule has 3 aromatic heterocycles. The van der Waals surface area contributed by atoms with E-state index in [0.717, 1.165) is 35.6 Å². The summed E-state index contributed by atoms with van der Waals surface area (Å²) in [6.07, 6.45) is 14.9. The van der Waals surface area contributed by atoms with E-state index in [-0.39, 0.29) is 13.3 Å². The number of amides is 1. The first-order chi connectivity index (χ1) is 22.5. The summed E-state index contributed by atoms with van der Waals surface area (Å²) < 4.78 is 2.15. The third-order valence-corrected chi connectivity index (χ3v) is 9.96. The average molecular weight is 649 g/mol. The molecule has 47 heavy (non-hydrogen) atoms. The number of piperidine rings is 1. The van der Waals surface area contributed by atoms with E-state index >= 15 is 0 Å². The van der Waals surface area contributed by atoms with Crippen molar-refractivity contribution < 1.29 is 4.79 Å². The van der Waals surface area contributed by atoms with Gasteiger partial charge >= 0.3 is 0 Å². The monoisotopic (exact) mass is 649 g/mol. The molecule has 262 valence electrons. The third kappa shape index (κ3) is 8.71. The van der Waals surface area contributed by atoms with Gasteiger partial charge in [-0.15, -0.1) is 0 Å². The summed E-state index contributed by atoms with van der Waals surface area (Å²) >= 11 is 0. The highest BCUT2D eigenvalue weighted by molar-refractivity contribution is 5.97. The number of fused-ring (bicyclic) bond motifs is 1. The number of nitrogens with zero attached hydrogens (tertiary/aromatic N) is 6. The first kappa shape index (κ1) is 38.4. The van der Waals surface area contributed by atoms with E-state index in [2.05, 4.69) is 31.2 Å². The molecule has 2 saturated carbocycles. The topological polar surface area (TPSA) is 91.2 Å².